The van der Waals surface area contributed by atoms with Gasteiger partial charge in [-0.25, -0.2) is 9.59 Å². The number of aryl methyl sites for hydroxylation is 1. The first-order valence-corrected chi connectivity index (χ1v) is 10.8. The maximum Gasteiger partial charge on any atom is 0.374 e. The summed E-state index contributed by atoms with van der Waals surface area (Å²) in [5, 5.41) is 10.5. The lowest BCUT2D eigenvalue weighted by atomic mass is 10.1. The predicted molar refractivity (Wildman–Crippen MR) is 128 cm³/mol. The lowest BCUT2D eigenvalue weighted by molar-refractivity contribution is 0.0492. The molecule has 0 saturated heterocycles. The predicted octanol–water partition coefficient (Wildman–Crippen LogP) is 5.43. The van der Waals surface area contributed by atoms with Crippen molar-refractivity contribution in [2.24, 2.45) is 7.05 Å². The number of rotatable bonds is 6. The van der Waals surface area contributed by atoms with Crippen molar-refractivity contribution in [3.63, 3.8) is 0 Å². The van der Waals surface area contributed by atoms with Crippen molar-refractivity contribution in [2.75, 3.05) is 24.4 Å². The summed E-state index contributed by atoms with van der Waals surface area (Å²) in [5.41, 5.74) is 2.96. The number of hydrogen-bond acceptors (Lipinski definition) is 6. The Kier molecular flexibility index (Phi) is 6.36. The fourth-order valence-electron chi connectivity index (χ4n) is 3.39. The van der Waals surface area contributed by atoms with Gasteiger partial charge in [-0.3, -0.25) is 4.68 Å². The number of carbonyl (C=O) groups excluding carboxylic acids is 2. The minimum atomic E-state index is -0.560. The normalized spacial score (nSPS) is 10.8. The van der Waals surface area contributed by atoms with Crippen molar-refractivity contribution in [1.82, 2.24) is 9.78 Å². The van der Waals surface area contributed by atoms with Crippen LogP contribution < -0.4 is 15.4 Å². The first kappa shape index (κ1) is 22.4. The van der Waals surface area contributed by atoms with Crippen molar-refractivity contribution in [1.29, 1.82) is 0 Å². The van der Waals surface area contributed by atoms with Gasteiger partial charge in [0.15, 0.2) is 0 Å². The number of esters is 1. The molecule has 0 unspecified atom stereocenters. The Morgan fingerprint density at radius 3 is 2.48 bits per heavy atom. The number of amides is 2. The van der Waals surface area contributed by atoms with Crippen LogP contribution in [0.15, 0.2) is 57.6 Å². The second-order valence-corrected chi connectivity index (χ2v) is 7.90. The fourth-order valence-corrected chi connectivity index (χ4v) is 3.95. The second kappa shape index (κ2) is 9.37. The number of furan rings is 1. The molecule has 33 heavy (non-hydrogen) atoms. The molecule has 170 valence electrons. The first-order valence-electron chi connectivity index (χ1n) is 10.0. The molecular weight excluding hydrogens is 492 g/mol. The molecule has 4 rings (SSSR count). The summed E-state index contributed by atoms with van der Waals surface area (Å²) in [5.74, 6) is 0.205. The lowest BCUT2D eigenvalue weighted by Crippen LogP contribution is -2.19. The highest BCUT2D eigenvalue weighted by Gasteiger charge is 2.21. The second-order valence-electron chi connectivity index (χ2n) is 7.05. The molecule has 0 aliphatic rings. The van der Waals surface area contributed by atoms with Crippen LogP contribution in [0, 0.1) is 0 Å². The van der Waals surface area contributed by atoms with E-state index in [0.29, 0.717) is 33.7 Å². The van der Waals surface area contributed by atoms with Crippen LogP contribution in [-0.2, 0) is 11.8 Å². The third-order valence-electron chi connectivity index (χ3n) is 4.85. The molecule has 0 atom stereocenters. The Labute approximate surface area is 197 Å². The zero-order valence-electron chi connectivity index (χ0n) is 18.1. The lowest BCUT2D eigenvalue weighted by Gasteiger charge is -2.11. The summed E-state index contributed by atoms with van der Waals surface area (Å²) in [4.78, 5) is 24.9. The Bertz CT molecular complexity index is 1310. The summed E-state index contributed by atoms with van der Waals surface area (Å²) in [6.45, 7) is 1.95. The van der Waals surface area contributed by atoms with E-state index in [4.69, 9.17) is 13.9 Å². The number of halogens is 1. The average molecular weight is 513 g/mol. The van der Waals surface area contributed by atoms with Crippen LogP contribution in [0.3, 0.4) is 0 Å². The summed E-state index contributed by atoms with van der Waals surface area (Å²) in [7, 11) is 3.37. The van der Waals surface area contributed by atoms with Gasteiger partial charge in [0.2, 0.25) is 5.76 Å². The molecule has 2 aromatic heterocycles. The van der Waals surface area contributed by atoms with Gasteiger partial charge in [-0.05, 0) is 65.3 Å². The molecule has 2 aromatic carbocycles. The third-order valence-corrected chi connectivity index (χ3v) is 5.43. The first-order chi connectivity index (χ1) is 15.9. The number of benzene rings is 2. The van der Waals surface area contributed by atoms with E-state index in [1.54, 1.807) is 74.4 Å². The van der Waals surface area contributed by atoms with Crippen LogP contribution in [0.2, 0.25) is 0 Å². The minimum absolute atomic E-state index is 0.0752. The molecule has 0 aliphatic carbocycles. The van der Waals surface area contributed by atoms with E-state index in [1.807, 2.05) is 0 Å². The number of methoxy groups -OCH3 is 1. The van der Waals surface area contributed by atoms with Crippen LogP contribution >= 0.6 is 15.9 Å². The van der Waals surface area contributed by atoms with Gasteiger partial charge in [0.1, 0.15) is 11.3 Å². The number of hydrogen-bond donors (Lipinski definition) is 2. The summed E-state index contributed by atoms with van der Waals surface area (Å²) < 4.78 is 18.5. The van der Waals surface area contributed by atoms with Crippen LogP contribution in [-0.4, -0.2) is 35.5 Å². The van der Waals surface area contributed by atoms with Gasteiger partial charge in [-0.2, -0.15) is 5.10 Å². The van der Waals surface area contributed by atoms with Gasteiger partial charge >= 0.3 is 12.0 Å². The highest BCUT2D eigenvalue weighted by Crippen LogP contribution is 2.37. The molecule has 4 aromatic rings. The van der Waals surface area contributed by atoms with E-state index in [2.05, 4.69) is 31.7 Å². The number of nitrogens with zero attached hydrogens (tertiary/aromatic N) is 2. The molecule has 0 fully saturated rings. The van der Waals surface area contributed by atoms with Gasteiger partial charge in [0.05, 0.1) is 30.1 Å². The van der Waals surface area contributed by atoms with Gasteiger partial charge in [-0.1, -0.05) is 0 Å². The Hall–Kier alpha value is -3.79. The summed E-state index contributed by atoms with van der Waals surface area (Å²) in [6, 6.07) is 11.6. The van der Waals surface area contributed by atoms with E-state index >= 15 is 0 Å². The van der Waals surface area contributed by atoms with Gasteiger partial charge < -0.3 is 24.5 Å². The molecule has 0 saturated carbocycles. The Balaban J connectivity index is 1.70. The van der Waals surface area contributed by atoms with Crippen LogP contribution in [0.5, 0.6) is 5.75 Å². The van der Waals surface area contributed by atoms with E-state index in [9.17, 15) is 9.59 Å². The number of fused-ring (bicyclic) bond motifs is 1. The molecule has 0 spiro atoms. The molecule has 9 nitrogen and oxygen atoms in total. The smallest absolute Gasteiger partial charge is 0.374 e. The third kappa shape index (κ3) is 4.70. The zero-order valence-corrected chi connectivity index (χ0v) is 19.7. The molecular formula is C23H21BrN4O5. The monoisotopic (exact) mass is 512 g/mol. The topological polar surface area (TPSA) is 108 Å². The molecule has 0 bridgehead atoms. The molecule has 2 amide bonds. The number of nitrogens with one attached hydrogen (secondary N) is 2. The Morgan fingerprint density at radius 2 is 1.85 bits per heavy atom. The van der Waals surface area contributed by atoms with Gasteiger partial charge in [0, 0.05) is 29.4 Å². The van der Waals surface area contributed by atoms with Crippen LogP contribution in [0.1, 0.15) is 17.5 Å². The van der Waals surface area contributed by atoms with Crippen molar-refractivity contribution >= 4 is 50.3 Å². The molecule has 10 heteroatoms. The SMILES string of the molecule is CCOC(=O)c1cc2cc(NC(=O)Nc3ccc(OC)cc3)cc(-c3c(Br)cnn3C)c2o1. The van der Waals surface area contributed by atoms with E-state index in [-0.39, 0.29) is 12.4 Å². The Morgan fingerprint density at radius 1 is 1.12 bits per heavy atom. The number of aromatic nitrogens is 2. The zero-order chi connectivity index (χ0) is 23.5. The van der Waals surface area contributed by atoms with Gasteiger partial charge in [-0.15, -0.1) is 0 Å². The van der Waals surface area contributed by atoms with E-state index in [1.165, 1.54) is 0 Å². The number of urea groups is 1. The van der Waals surface area contributed by atoms with Crippen LogP contribution in [0.4, 0.5) is 16.2 Å². The number of ether oxygens (including phenoxy) is 2. The van der Waals surface area contributed by atoms with Crippen molar-refractivity contribution < 1.29 is 23.5 Å². The number of anilines is 2. The van der Waals surface area contributed by atoms with E-state index in [0.717, 1.165) is 10.2 Å². The van der Waals surface area contributed by atoms with E-state index < -0.39 is 12.0 Å². The quantitative estimate of drug-likeness (QED) is 0.333. The maximum atomic E-state index is 12.6. The van der Waals surface area contributed by atoms with Crippen molar-refractivity contribution in [2.45, 2.75) is 6.92 Å². The molecule has 2 heterocycles. The van der Waals surface area contributed by atoms with Crippen molar-refractivity contribution in [3.8, 4) is 17.0 Å². The summed E-state index contributed by atoms with van der Waals surface area (Å²) in [6.07, 6.45) is 1.66. The maximum absolute atomic E-state index is 12.6. The van der Waals surface area contributed by atoms with Gasteiger partial charge in [0.25, 0.3) is 0 Å². The number of carbonyl (C=O) groups is 2. The fraction of sp³-hybridized carbons (Fsp3) is 0.174. The summed E-state index contributed by atoms with van der Waals surface area (Å²) >= 11 is 3.51. The standard InChI is InChI=1S/C23H21BrN4O5/c1-4-32-22(29)19-10-13-9-15(27-23(30)26-14-5-7-16(31-3)8-6-14)11-17(21(13)33-19)20-18(24)12-25-28(20)2/h5-12H,4H2,1-3H3,(H2,26,27,30). The molecule has 0 aliphatic heterocycles. The highest BCUT2D eigenvalue weighted by molar-refractivity contribution is 9.10. The molecule has 0 radical (unpaired) electrons. The largest absolute Gasteiger partial charge is 0.497 e. The molecule has 2 N–H and O–H groups in total. The highest BCUT2D eigenvalue weighted by atomic mass is 79.9. The van der Waals surface area contributed by atoms with Crippen LogP contribution in [0.25, 0.3) is 22.2 Å². The van der Waals surface area contributed by atoms with Crippen molar-refractivity contribution in [3.05, 3.63) is 58.9 Å². The minimum Gasteiger partial charge on any atom is -0.497 e. The average Bonchev–Trinajstić information content (AvgIpc) is 3.37.